The van der Waals surface area contributed by atoms with E-state index in [9.17, 15) is 22.9 Å². The molecule has 0 amide bonds. The zero-order valence-corrected chi connectivity index (χ0v) is 14.8. The number of sulfone groups is 1. The summed E-state index contributed by atoms with van der Waals surface area (Å²) < 4.78 is 43.9. The van der Waals surface area contributed by atoms with Crippen LogP contribution in [-0.4, -0.2) is 45.0 Å². The number of methoxy groups -OCH3 is 1. The van der Waals surface area contributed by atoms with E-state index in [1.807, 2.05) is 0 Å². The molecular weight excluding hydrogens is 371 g/mol. The predicted molar refractivity (Wildman–Crippen MR) is 86.7 cm³/mol. The molecule has 132 valence electrons. The lowest BCUT2D eigenvalue weighted by Crippen LogP contribution is -2.50. The second-order valence-corrected chi connectivity index (χ2v) is 8.28. The summed E-state index contributed by atoms with van der Waals surface area (Å²) in [5.41, 5.74) is -1.42. The van der Waals surface area contributed by atoms with Gasteiger partial charge in [-0.25, -0.2) is 17.6 Å². The van der Waals surface area contributed by atoms with Gasteiger partial charge in [0.2, 0.25) is 9.84 Å². The summed E-state index contributed by atoms with van der Waals surface area (Å²) >= 11 is 5.89. The largest absolute Gasteiger partial charge is 0.467 e. The Morgan fingerprint density at radius 3 is 2.84 bits per heavy atom. The summed E-state index contributed by atoms with van der Waals surface area (Å²) in [6, 6.07) is 5.07. The van der Waals surface area contributed by atoms with Gasteiger partial charge in [-0.3, -0.25) is 4.90 Å². The highest BCUT2D eigenvalue weighted by Gasteiger charge is 2.58. The Kier molecular flexibility index (Phi) is 4.35. The number of carbonyl (C=O) groups is 1. The Bertz CT molecular complexity index is 925. The number of halogens is 2. The molecular formula is C16H14ClFN2O4S. The zero-order valence-electron chi connectivity index (χ0n) is 13.2. The fourth-order valence-electron chi connectivity index (χ4n) is 3.44. The Balaban J connectivity index is 2.12. The molecule has 0 radical (unpaired) electrons. The van der Waals surface area contributed by atoms with Gasteiger partial charge in [-0.05, 0) is 30.7 Å². The number of benzene rings is 1. The number of hydrogen-bond acceptors (Lipinski definition) is 6. The fourth-order valence-corrected chi connectivity index (χ4v) is 5.42. The van der Waals surface area contributed by atoms with E-state index in [0.29, 0.717) is 13.0 Å². The van der Waals surface area contributed by atoms with E-state index in [0.717, 1.165) is 18.2 Å². The van der Waals surface area contributed by atoms with Gasteiger partial charge in [0.25, 0.3) is 0 Å². The Hall–Kier alpha value is -1.95. The van der Waals surface area contributed by atoms with E-state index in [4.69, 9.17) is 16.3 Å². The molecule has 0 aliphatic carbocycles. The number of rotatable bonds is 3. The van der Waals surface area contributed by atoms with Crippen molar-refractivity contribution in [2.75, 3.05) is 20.2 Å². The Morgan fingerprint density at radius 2 is 2.24 bits per heavy atom. The van der Waals surface area contributed by atoms with Crippen LogP contribution in [0.4, 0.5) is 4.39 Å². The third kappa shape index (κ3) is 2.54. The molecule has 0 spiro atoms. The van der Waals surface area contributed by atoms with E-state index >= 15 is 0 Å². The van der Waals surface area contributed by atoms with Crippen LogP contribution >= 0.6 is 11.6 Å². The van der Waals surface area contributed by atoms with Gasteiger partial charge in [-0.1, -0.05) is 11.6 Å². The average molecular weight is 385 g/mol. The van der Waals surface area contributed by atoms with Gasteiger partial charge in [-0.2, -0.15) is 5.26 Å². The first-order chi connectivity index (χ1) is 11.8. The summed E-state index contributed by atoms with van der Waals surface area (Å²) in [4.78, 5) is 13.7. The van der Waals surface area contributed by atoms with Crippen molar-refractivity contribution in [2.24, 2.45) is 5.92 Å². The standard InChI is InChI=1S/C16H14ClFN2O4S/c1-24-15(21)16-7-12(9-20(16)5-4-10(16)8-19)25(22,23)14-3-2-11(18)6-13(14)17/h2-3,6-7,10H,4-5,9H2,1H3. The highest BCUT2D eigenvalue weighted by molar-refractivity contribution is 7.95. The molecule has 6 nitrogen and oxygen atoms in total. The van der Waals surface area contributed by atoms with Gasteiger partial charge < -0.3 is 4.74 Å². The number of carbonyl (C=O) groups excluding carboxylic acids is 1. The van der Waals surface area contributed by atoms with Crippen molar-refractivity contribution in [1.82, 2.24) is 4.90 Å². The molecule has 1 aromatic carbocycles. The third-order valence-electron chi connectivity index (χ3n) is 4.67. The number of fused-ring (bicyclic) bond motifs is 1. The van der Waals surface area contributed by atoms with Crippen molar-refractivity contribution in [3.8, 4) is 6.07 Å². The molecule has 0 N–H and O–H groups in total. The molecule has 2 atom stereocenters. The molecule has 2 heterocycles. The van der Waals surface area contributed by atoms with Gasteiger partial charge in [0.05, 0.1) is 33.9 Å². The summed E-state index contributed by atoms with van der Waals surface area (Å²) in [5.74, 6) is -2.04. The normalized spacial score (nSPS) is 26.0. The molecule has 1 fully saturated rings. The fraction of sp³-hybridized carbons (Fsp3) is 0.375. The Labute approximate surface area is 149 Å². The summed E-state index contributed by atoms with van der Waals surface area (Å²) in [6.45, 7) is 0.351. The van der Waals surface area contributed by atoms with Crippen LogP contribution in [0.25, 0.3) is 0 Å². The van der Waals surface area contributed by atoms with Gasteiger partial charge in [0, 0.05) is 13.1 Å². The maximum absolute atomic E-state index is 13.2. The number of esters is 1. The summed E-state index contributed by atoms with van der Waals surface area (Å²) in [6.07, 6.45) is 1.72. The molecule has 9 heteroatoms. The zero-order chi connectivity index (χ0) is 18.4. The van der Waals surface area contributed by atoms with E-state index in [1.54, 1.807) is 4.90 Å². The second kappa shape index (κ2) is 6.09. The van der Waals surface area contributed by atoms with E-state index in [1.165, 1.54) is 13.2 Å². The molecule has 0 aromatic heterocycles. The van der Waals surface area contributed by atoms with Crippen molar-refractivity contribution in [3.63, 3.8) is 0 Å². The van der Waals surface area contributed by atoms with Gasteiger partial charge >= 0.3 is 5.97 Å². The van der Waals surface area contributed by atoms with Crippen LogP contribution in [0.1, 0.15) is 6.42 Å². The molecule has 0 saturated carbocycles. The molecule has 25 heavy (non-hydrogen) atoms. The van der Waals surface area contributed by atoms with Crippen LogP contribution in [0.5, 0.6) is 0 Å². The maximum atomic E-state index is 13.2. The van der Waals surface area contributed by atoms with Crippen LogP contribution in [0, 0.1) is 23.1 Å². The number of nitrogens with zero attached hydrogens (tertiary/aromatic N) is 2. The van der Waals surface area contributed by atoms with E-state index in [-0.39, 0.29) is 21.4 Å². The molecule has 2 unspecified atom stereocenters. The number of nitriles is 1. The highest BCUT2D eigenvalue weighted by Crippen LogP contribution is 2.44. The van der Waals surface area contributed by atoms with Crippen LogP contribution < -0.4 is 0 Å². The maximum Gasteiger partial charge on any atom is 0.331 e. The van der Waals surface area contributed by atoms with Crippen LogP contribution in [0.15, 0.2) is 34.1 Å². The van der Waals surface area contributed by atoms with Crippen molar-refractivity contribution < 1.29 is 22.3 Å². The minimum Gasteiger partial charge on any atom is -0.467 e. The van der Waals surface area contributed by atoms with Crippen LogP contribution in [0.2, 0.25) is 5.02 Å². The van der Waals surface area contributed by atoms with E-state index in [2.05, 4.69) is 6.07 Å². The predicted octanol–water partition coefficient (Wildman–Crippen LogP) is 1.91. The van der Waals surface area contributed by atoms with Gasteiger partial charge in [0.1, 0.15) is 5.82 Å². The van der Waals surface area contributed by atoms with E-state index < -0.39 is 33.1 Å². The SMILES string of the molecule is COC(=O)C12C=C(S(=O)(=O)c3ccc(F)cc3Cl)CN1CCC2C#N. The molecule has 3 rings (SSSR count). The van der Waals surface area contributed by atoms with Crippen molar-refractivity contribution in [1.29, 1.82) is 5.26 Å². The lowest BCUT2D eigenvalue weighted by molar-refractivity contribution is -0.150. The highest BCUT2D eigenvalue weighted by atomic mass is 35.5. The Morgan fingerprint density at radius 1 is 1.52 bits per heavy atom. The first kappa shape index (κ1) is 17.9. The van der Waals surface area contributed by atoms with Gasteiger partial charge in [-0.15, -0.1) is 0 Å². The minimum absolute atomic E-state index is 0.0384. The lowest BCUT2D eigenvalue weighted by Gasteiger charge is -2.29. The molecule has 2 aliphatic rings. The van der Waals surface area contributed by atoms with Gasteiger partial charge in [0.15, 0.2) is 5.54 Å². The number of hydrogen-bond donors (Lipinski definition) is 0. The van der Waals surface area contributed by atoms with Crippen molar-refractivity contribution in [3.05, 3.63) is 40.0 Å². The summed E-state index contributed by atoms with van der Waals surface area (Å²) in [5, 5.41) is 9.14. The van der Waals surface area contributed by atoms with Crippen molar-refractivity contribution in [2.45, 2.75) is 16.9 Å². The van der Waals surface area contributed by atoms with Crippen LogP contribution in [0.3, 0.4) is 0 Å². The molecule has 2 aliphatic heterocycles. The quantitative estimate of drug-likeness (QED) is 0.584. The summed E-state index contributed by atoms with van der Waals surface area (Å²) in [7, 11) is -2.84. The molecule has 1 saturated heterocycles. The topological polar surface area (TPSA) is 87.5 Å². The first-order valence-corrected chi connectivity index (χ1v) is 9.28. The minimum atomic E-state index is -4.04. The molecule has 1 aromatic rings. The average Bonchev–Trinajstić information content (AvgIpc) is 3.10. The monoisotopic (exact) mass is 384 g/mol. The lowest BCUT2D eigenvalue weighted by atomic mass is 9.86. The third-order valence-corrected chi connectivity index (χ3v) is 6.96. The first-order valence-electron chi connectivity index (χ1n) is 7.42. The molecule has 0 bridgehead atoms. The second-order valence-electron chi connectivity index (χ2n) is 5.90. The van der Waals surface area contributed by atoms with Crippen molar-refractivity contribution >= 4 is 27.4 Å². The smallest absolute Gasteiger partial charge is 0.331 e. The van der Waals surface area contributed by atoms with Crippen LogP contribution in [-0.2, 0) is 19.4 Å². The number of ether oxygens (including phenoxy) is 1.